The summed E-state index contributed by atoms with van der Waals surface area (Å²) in [5.41, 5.74) is 11.4. The second kappa shape index (κ2) is 5.48. The molecule has 6 heteroatoms. The van der Waals surface area contributed by atoms with Crippen molar-refractivity contribution in [2.45, 2.75) is 6.04 Å². The molecular weight excluding hydrogens is 326 g/mol. The first-order chi connectivity index (χ1) is 7.02. The van der Waals surface area contributed by atoms with Gasteiger partial charge in [-0.1, -0.05) is 6.07 Å². The van der Waals surface area contributed by atoms with Crippen LogP contribution in [-0.4, -0.2) is 18.5 Å². The third kappa shape index (κ3) is 3.48. The van der Waals surface area contributed by atoms with E-state index in [9.17, 15) is 4.79 Å². The molecule has 82 valence electrons. The van der Waals surface area contributed by atoms with E-state index in [0.29, 0.717) is 6.54 Å². The van der Waals surface area contributed by atoms with Crippen LogP contribution in [0.5, 0.6) is 0 Å². The van der Waals surface area contributed by atoms with Crippen LogP contribution in [0.25, 0.3) is 0 Å². The third-order valence-corrected chi connectivity index (χ3v) is 3.15. The van der Waals surface area contributed by atoms with Gasteiger partial charge in [0.25, 0.3) is 0 Å². The normalized spacial score (nSPS) is 12.2. The second-order valence-corrected chi connectivity index (χ2v) is 4.70. The van der Waals surface area contributed by atoms with Gasteiger partial charge < -0.3 is 16.8 Å². The minimum Gasteiger partial charge on any atom is -0.381 e. The van der Waals surface area contributed by atoms with Gasteiger partial charge in [-0.05, 0) is 44.0 Å². The number of carbonyl (C=O) groups excluding carboxylic acids is 1. The average Bonchev–Trinajstić information content (AvgIpc) is 2.16. The molecule has 1 unspecified atom stereocenters. The van der Waals surface area contributed by atoms with E-state index in [4.69, 9.17) is 11.5 Å². The highest BCUT2D eigenvalue weighted by molar-refractivity contribution is 9.11. The fraction of sp³-hybridized carbons (Fsp3) is 0.222. The van der Waals surface area contributed by atoms with Crippen LogP contribution < -0.4 is 16.8 Å². The number of carbonyl (C=O) groups is 1. The molecule has 1 aromatic rings. The van der Waals surface area contributed by atoms with Gasteiger partial charge in [0, 0.05) is 15.5 Å². The van der Waals surface area contributed by atoms with Crippen molar-refractivity contribution in [2.24, 2.45) is 11.5 Å². The van der Waals surface area contributed by atoms with Crippen molar-refractivity contribution in [3.8, 4) is 0 Å². The van der Waals surface area contributed by atoms with E-state index in [0.717, 1.165) is 14.6 Å². The molecule has 5 N–H and O–H groups in total. The summed E-state index contributed by atoms with van der Waals surface area (Å²) in [7, 11) is 0. The molecule has 0 radical (unpaired) electrons. The zero-order valence-electron chi connectivity index (χ0n) is 7.84. The monoisotopic (exact) mass is 335 g/mol. The predicted molar refractivity (Wildman–Crippen MR) is 67.5 cm³/mol. The number of anilines is 1. The largest absolute Gasteiger partial charge is 0.381 e. The first kappa shape index (κ1) is 12.5. The first-order valence-corrected chi connectivity index (χ1v) is 5.83. The second-order valence-electron chi connectivity index (χ2n) is 2.99. The van der Waals surface area contributed by atoms with Crippen molar-refractivity contribution >= 4 is 43.5 Å². The first-order valence-electron chi connectivity index (χ1n) is 4.25. The Labute approximate surface area is 105 Å². The maximum absolute atomic E-state index is 10.7. The summed E-state index contributed by atoms with van der Waals surface area (Å²) in [5.74, 6) is -0.523. The van der Waals surface area contributed by atoms with Crippen LogP contribution in [0.4, 0.5) is 5.69 Å². The van der Waals surface area contributed by atoms with E-state index in [1.54, 1.807) is 0 Å². The Morgan fingerprint density at radius 3 is 2.40 bits per heavy atom. The zero-order valence-corrected chi connectivity index (χ0v) is 11.0. The lowest BCUT2D eigenvalue weighted by Crippen LogP contribution is -2.41. The smallest absolute Gasteiger partial charge is 0.236 e. The molecular formula is C9H11Br2N3O. The van der Waals surface area contributed by atoms with Gasteiger partial charge in [0.1, 0.15) is 6.04 Å². The van der Waals surface area contributed by atoms with E-state index in [2.05, 4.69) is 37.2 Å². The summed E-state index contributed by atoms with van der Waals surface area (Å²) in [6.07, 6.45) is 0. The number of nitrogens with one attached hydrogen (secondary N) is 1. The maximum atomic E-state index is 10.7. The van der Waals surface area contributed by atoms with Gasteiger partial charge >= 0.3 is 0 Å². The molecule has 0 fully saturated rings. The van der Waals surface area contributed by atoms with E-state index >= 15 is 0 Å². The Bertz CT molecular complexity index is 350. The molecule has 0 saturated carbocycles. The third-order valence-electron chi connectivity index (χ3n) is 1.83. The zero-order chi connectivity index (χ0) is 11.4. The number of hydrogen-bond acceptors (Lipinski definition) is 3. The number of nitrogens with two attached hydrogens (primary N) is 2. The quantitative estimate of drug-likeness (QED) is 0.778. The minimum atomic E-state index is -0.691. The number of hydrogen-bond donors (Lipinski definition) is 3. The Hall–Kier alpha value is -0.590. The summed E-state index contributed by atoms with van der Waals surface area (Å²) in [6.45, 7) is 0.302. The topological polar surface area (TPSA) is 81.1 Å². The summed E-state index contributed by atoms with van der Waals surface area (Å²) in [6, 6.07) is 4.99. The van der Waals surface area contributed by atoms with Crippen LogP contribution in [-0.2, 0) is 4.79 Å². The maximum Gasteiger partial charge on any atom is 0.236 e. The molecule has 0 aliphatic carbocycles. The van der Waals surface area contributed by atoms with Crippen molar-refractivity contribution in [3.63, 3.8) is 0 Å². The molecule has 0 saturated heterocycles. The fourth-order valence-corrected chi connectivity index (χ4v) is 2.26. The Morgan fingerprint density at radius 1 is 1.40 bits per heavy atom. The van der Waals surface area contributed by atoms with Gasteiger partial charge in [0.2, 0.25) is 5.91 Å². The summed E-state index contributed by atoms with van der Waals surface area (Å²) in [5, 5.41) is 3.04. The van der Waals surface area contributed by atoms with Crippen molar-refractivity contribution in [2.75, 3.05) is 11.9 Å². The SMILES string of the molecule is NC(=O)C(N)CNc1c(Br)cccc1Br. The number of para-hydroxylation sites is 1. The van der Waals surface area contributed by atoms with Crippen LogP contribution >= 0.6 is 31.9 Å². The molecule has 0 bridgehead atoms. The van der Waals surface area contributed by atoms with Crippen LogP contribution in [0.2, 0.25) is 0 Å². The molecule has 1 amide bonds. The lowest BCUT2D eigenvalue weighted by atomic mass is 10.2. The van der Waals surface area contributed by atoms with Gasteiger partial charge in [-0.15, -0.1) is 0 Å². The highest BCUT2D eigenvalue weighted by atomic mass is 79.9. The van der Waals surface area contributed by atoms with Gasteiger partial charge in [-0.3, -0.25) is 4.79 Å². The average molecular weight is 337 g/mol. The molecule has 0 aliphatic heterocycles. The predicted octanol–water partition coefficient (Wildman–Crippen LogP) is 1.44. The Balaban J connectivity index is 2.69. The standard InChI is InChI=1S/C9H11Br2N3O/c10-5-2-1-3-6(11)8(5)14-4-7(12)9(13)15/h1-3,7,14H,4,12H2,(H2,13,15). The fourth-order valence-electron chi connectivity index (χ4n) is 0.979. The summed E-state index contributed by atoms with van der Waals surface area (Å²) >= 11 is 6.77. The van der Waals surface area contributed by atoms with Crippen LogP contribution in [0, 0.1) is 0 Å². The highest BCUT2D eigenvalue weighted by Gasteiger charge is 2.10. The minimum absolute atomic E-state index is 0.302. The Kier molecular flexibility index (Phi) is 4.56. The van der Waals surface area contributed by atoms with Crippen molar-refractivity contribution in [1.29, 1.82) is 0 Å². The molecule has 1 aromatic carbocycles. The van der Waals surface area contributed by atoms with Crippen LogP contribution in [0.3, 0.4) is 0 Å². The van der Waals surface area contributed by atoms with Gasteiger partial charge in [-0.25, -0.2) is 0 Å². The molecule has 15 heavy (non-hydrogen) atoms. The number of halogens is 2. The van der Waals surface area contributed by atoms with Gasteiger partial charge in [-0.2, -0.15) is 0 Å². The number of primary amides is 1. The van der Waals surface area contributed by atoms with E-state index < -0.39 is 11.9 Å². The van der Waals surface area contributed by atoms with E-state index in [1.807, 2.05) is 18.2 Å². The summed E-state index contributed by atoms with van der Waals surface area (Å²) in [4.78, 5) is 10.7. The number of amides is 1. The van der Waals surface area contributed by atoms with Crippen LogP contribution in [0.15, 0.2) is 27.1 Å². The molecule has 4 nitrogen and oxygen atoms in total. The van der Waals surface area contributed by atoms with Gasteiger partial charge in [0.15, 0.2) is 0 Å². The summed E-state index contributed by atoms with van der Waals surface area (Å²) < 4.78 is 1.79. The number of benzene rings is 1. The van der Waals surface area contributed by atoms with Crippen molar-refractivity contribution < 1.29 is 4.79 Å². The molecule has 0 heterocycles. The molecule has 0 spiro atoms. The lowest BCUT2D eigenvalue weighted by molar-refractivity contribution is -0.118. The van der Waals surface area contributed by atoms with E-state index in [1.165, 1.54) is 0 Å². The lowest BCUT2D eigenvalue weighted by Gasteiger charge is -2.13. The van der Waals surface area contributed by atoms with Crippen molar-refractivity contribution in [3.05, 3.63) is 27.1 Å². The highest BCUT2D eigenvalue weighted by Crippen LogP contribution is 2.30. The van der Waals surface area contributed by atoms with E-state index in [-0.39, 0.29) is 0 Å². The molecule has 1 rings (SSSR count). The van der Waals surface area contributed by atoms with Crippen molar-refractivity contribution in [1.82, 2.24) is 0 Å². The Morgan fingerprint density at radius 2 is 1.93 bits per heavy atom. The number of rotatable bonds is 4. The molecule has 0 aliphatic rings. The molecule has 0 aromatic heterocycles. The molecule has 1 atom stereocenters. The van der Waals surface area contributed by atoms with Crippen LogP contribution in [0.1, 0.15) is 0 Å². The van der Waals surface area contributed by atoms with Gasteiger partial charge in [0.05, 0.1) is 5.69 Å².